The number of nitrogens with zero attached hydrogens (tertiary/aromatic N) is 3. The average molecular weight is 517 g/mol. The molecule has 0 aromatic heterocycles. The molecule has 1 N–H and O–H groups in total. The Bertz CT molecular complexity index is 1040. The van der Waals surface area contributed by atoms with E-state index in [-0.39, 0.29) is 31.5 Å². The molecule has 4 rings (SSSR count). The van der Waals surface area contributed by atoms with Gasteiger partial charge in [0, 0.05) is 0 Å². The van der Waals surface area contributed by atoms with Crippen LogP contribution in [0.4, 0.5) is 11.4 Å². The highest BCUT2D eigenvalue weighted by Gasteiger charge is 2.51. The minimum absolute atomic E-state index is 0.0139. The van der Waals surface area contributed by atoms with E-state index in [9.17, 15) is 24.4 Å². The quantitative estimate of drug-likeness (QED) is 0.488. The van der Waals surface area contributed by atoms with Gasteiger partial charge in [-0.15, -0.1) is 0 Å². The second kappa shape index (κ2) is 8.62. The highest BCUT2D eigenvalue weighted by Crippen LogP contribution is 2.40. The second-order valence-corrected chi connectivity index (χ2v) is 8.72. The molecule has 2 aliphatic rings. The smallest absolute Gasteiger partial charge is 0.254 e. The Morgan fingerprint density at radius 2 is 1.00 bits per heavy atom. The Kier molecular flexibility index (Phi) is 6.19. The molecule has 2 fully saturated rings. The van der Waals surface area contributed by atoms with Crippen molar-refractivity contribution < 1.29 is 24.4 Å². The minimum Gasteiger partial charge on any atom is -0.312 e. The van der Waals surface area contributed by atoms with Gasteiger partial charge < -0.3 is 5.21 Å². The van der Waals surface area contributed by atoms with Gasteiger partial charge in [-0.1, -0.05) is 58.5 Å². The molecule has 0 unspecified atom stereocenters. The van der Waals surface area contributed by atoms with Crippen LogP contribution in [0.25, 0.3) is 0 Å². The summed E-state index contributed by atoms with van der Waals surface area (Å²) < 4.78 is 0. The molecule has 2 aromatic rings. The monoisotopic (exact) mass is 515 g/mol. The molecule has 32 heavy (non-hydrogen) atoms. The summed E-state index contributed by atoms with van der Waals surface area (Å²) in [6.45, 7) is 0. The fraction of sp³-hybridized carbons (Fsp3) is 0.200. The Morgan fingerprint density at radius 1 is 0.688 bits per heavy atom. The van der Waals surface area contributed by atoms with Crippen molar-refractivity contribution >= 4 is 81.4 Å². The van der Waals surface area contributed by atoms with Crippen LogP contribution in [0.15, 0.2) is 36.4 Å². The van der Waals surface area contributed by atoms with Crippen LogP contribution in [0.2, 0.25) is 20.1 Å². The van der Waals surface area contributed by atoms with Crippen LogP contribution in [0.1, 0.15) is 12.8 Å². The summed E-state index contributed by atoms with van der Waals surface area (Å²) in [6, 6.07) is 6.08. The molecule has 2 saturated heterocycles. The molecule has 166 valence electrons. The van der Waals surface area contributed by atoms with Gasteiger partial charge in [0.15, 0.2) is 0 Å². The van der Waals surface area contributed by atoms with E-state index in [1.165, 1.54) is 24.3 Å². The number of benzene rings is 2. The Balaban J connectivity index is 1.62. The van der Waals surface area contributed by atoms with Gasteiger partial charge in [0.05, 0.1) is 44.3 Å². The van der Waals surface area contributed by atoms with Crippen LogP contribution in [-0.2, 0) is 19.2 Å². The van der Waals surface area contributed by atoms with Crippen LogP contribution in [0.3, 0.4) is 0 Å². The summed E-state index contributed by atoms with van der Waals surface area (Å²) in [5.74, 6) is -3.00. The molecule has 12 heteroatoms. The minimum atomic E-state index is -1.42. The van der Waals surface area contributed by atoms with Crippen LogP contribution >= 0.6 is 46.4 Å². The summed E-state index contributed by atoms with van der Waals surface area (Å²) in [5.41, 5.74) is -0.0277. The summed E-state index contributed by atoms with van der Waals surface area (Å²) in [4.78, 5) is 52.7. The first-order valence-electron chi connectivity index (χ1n) is 9.22. The summed E-state index contributed by atoms with van der Waals surface area (Å²) in [6.07, 6.45) is -0.886. The predicted octanol–water partition coefficient (Wildman–Crippen LogP) is 3.96. The van der Waals surface area contributed by atoms with Gasteiger partial charge in [-0.25, -0.2) is 9.80 Å². The fourth-order valence-corrected chi connectivity index (χ4v) is 4.87. The number of halogens is 4. The average Bonchev–Trinajstić information content (AvgIpc) is 3.18. The predicted molar refractivity (Wildman–Crippen MR) is 118 cm³/mol. The van der Waals surface area contributed by atoms with Crippen LogP contribution < -0.4 is 9.80 Å². The second-order valence-electron chi connectivity index (χ2n) is 7.10. The van der Waals surface area contributed by atoms with Gasteiger partial charge in [-0.05, 0) is 24.3 Å². The van der Waals surface area contributed by atoms with Crippen molar-refractivity contribution in [2.75, 3.05) is 9.80 Å². The van der Waals surface area contributed by atoms with Gasteiger partial charge >= 0.3 is 0 Å². The third kappa shape index (κ3) is 3.67. The topological polar surface area (TPSA) is 98.2 Å². The molecule has 0 aliphatic carbocycles. The maximum Gasteiger partial charge on any atom is 0.254 e. The van der Waals surface area contributed by atoms with E-state index in [0.717, 1.165) is 9.80 Å². The van der Waals surface area contributed by atoms with E-state index >= 15 is 0 Å². The first-order chi connectivity index (χ1) is 15.1. The van der Waals surface area contributed by atoms with Crippen LogP contribution in [0.5, 0.6) is 0 Å². The number of carbonyl (C=O) groups excluding carboxylic acids is 4. The highest BCUT2D eigenvalue weighted by molar-refractivity contribution is 6.43. The molecule has 2 aromatic carbocycles. The molecular formula is C20H13Cl4N3O5. The summed E-state index contributed by atoms with van der Waals surface area (Å²) >= 11 is 24.5. The molecule has 2 heterocycles. The summed E-state index contributed by atoms with van der Waals surface area (Å²) in [5, 5.41) is 11.4. The molecule has 8 nitrogen and oxygen atoms in total. The zero-order chi connectivity index (χ0) is 23.3. The van der Waals surface area contributed by atoms with Gasteiger partial charge in [-0.2, -0.15) is 5.06 Å². The van der Waals surface area contributed by atoms with Crippen LogP contribution in [-0.4, -0.2) is 46.0 Å². The lowest BCUT2D eigenvalue weighted by Crippen LogP contribution is -2.49. The van der Waals surface area contributed by atoms with E-state index < -0.39 is 48.6 Å². The zero-order valence-electron chi connectivity index (χ0n) is 16.0. The number of para-hydroxylation sites is 2. The Labute approximate surface area is 201 Å². The standard InChI is InChI=1S/C20H13Cl4N3O5/c21-9-3-1-4-10(22)17(9)25-15(28)7-13(19(25)30)27(32)14-8-16(29)26(20(14)31)18-11(23)5-2-6-12(18)24/h1-6,13-14,32H,7-8H2/t13-,14-/m1/s1. The lowest BCUT2D eigenvalue weighted by atomic mass is 10.1. The van der Waals surface area contributed by atoms with Gasteiger partial charge in [0.2, 0.25) is 11.8 Å². The molecule has 2 aliphatic heterocycles. The maximum atomic E-state index is 13.0. The first kappa shape index (κ1) is 23.0. The van der Waals surface area contributed by atoms with Gasteiger partial charge in [-0.3, -0.25) is 19.2 Å². The molecule has 0 spiro atoms. The van der Waals surface area contributed by atoms with E-state index in [1.54, 1.807) is 12.1 Å². The van der Waals surface area contributed by atoms with Crippen molar-refractivity contribution in [3.8, 4) is 0 Å². The van der Waals surface area contributed by atoms with Crippen molar-refractivity contribution in [1.82, 2.24) is 5.06 Å². The number of hydrogen-bond donors (Lipinski definition) is 1. The highest BCUT2D eigenvalue weighted by atomic mass is 35.5. The third-order valence-corrected chi connectivity index (χ3v) is 6.43. The number of amides is 4. The Morgan fingerprint density at radius 3 is 1.31 bits per heavy atom. The van der Waals surface area contributed by atoms with Crippen molar-refractivity contribution in [1.29, 1.82) is 0 Å². The van der Waals surface area contributed by atoms with Crippen LogP contribution in [0, 0.1) is 0 Å². The van der Waals surface area contributed by atoms with Gasteiger partial charge in [0.1, 0.15) is 12.1 Å². The number of hydrogen-bond acceptors (Lipinski definition) is 6. The van der Waals surface area contributed by atoms with E-state index in [2.05, 4.69) is 0 Å². The maximum absolute atomic E-state index is 13.0. The molecule has 0 radical (unpaired) electrons. The molecule has 2 atom stereocenters. The number of carbonyl (C=O) groups is 4. The Hall–Kier alpha value is -2.20. The number of rotatable bonds is 4. The fourth-order valence-electron chi connectivity index (χ4n) is 3.74. The van der Waals surface area contributed by atoms with E-state index in [1.807, 2.05) is 0 Å². The summed E-state index contributed by atoms with van der Waals surface area (Å²) in [7, 11) is 0. The third-order valence-electron chi connectivity index (χ3n) is 5.21. The molecular weight excluding hydrogens is 504 g/mol. The lowest BCUT2D eigenvalue weighted by Gasteiger charge is -2.26. The van der Waals surface area contributed by atoms with Crippen molar-refractivity contribution in [3.63, 3.8) is 0 Å². The van der Waals surface area contributed by atoms with Gasteiger partial charge in [0.25, 0.3) is 11.8 Å². The zero-order valence-corrected chi connectivity index (χ0v) is 19.0. The molecule has 4 amide bonds. The molecule has 0 saturated carbocycles. The number of hydroxylamine groups is 2. The normalized spacial score (nSPS) is 21.4. The van der Waals surface area contributed by atoms with Crippen molar-refractivity contribution in [3.05, 3.63) is 56.5 Å². The largest absolute Gasteiger partial charge is 0.312 e. The number of anilines is 2. The van der Waals surface area contributed by atoms with E-state index in [4.69, 9.17) is 46.4 Å². The van der Waals surface area contributed by atoms with Crippen molar-refractivity contribution in [2.45, 2.75) is 24.9 Å². The van der Waals surface area contributed by atoms with Crippen molar-refractivity contribution in [2.24, 2.45) is 0 Å². The SMILES string of the molecule is O=C1C[C@@H](N(O)[C@@H]2CC(=O)N(c3c(Cl)cccc3Cl)C2=O)C(=O)N1c1c(Cl)cccc1Cl. The first-order valence-corrected chi connectivity index (χ1v) is 10.7. The van der Waals surface area contributed by atoms with E-state index in [0.29, 0.717) is 5.06 Å². The number of imide groups is 2. The molecule has 0 bridgehead atoms. The lowest BCUT2D eigenvalue weighted by molar-refractivity contribution is -0.172.